The van der Waals surface area contributed by atoms with Crippen LogP contribution >= 0.6 is 0 Å². The lowest BCUT2D eigenvalue weighted by Gasteiger charge is -2.22. The van der Waals surface area contributed by atoms with E-state index in [1.54, 1.807) is 6.92 Å². The van der Waals surface area contributed by atoms with Crippen LogP contribution in [0.4, 0.5) is 4.39 Å². The summed E-state index contributed by atoms with van der Waals surface area (Å²) in [5.41, 5.74) is 5.91. The third kappa shape index (κ3) is 1.90. The van der Waals surface area contributed by atoms with E-state index in [0.717, 1.165) is 0 Å². The summed E-state index contributed by atoms with van der Waals surface area (Å²) in [6.45, 7) is 2.54. The van der Waals surface area contributed by atoms with Gasteiger partial charge in [-0.1, -0.05) is 0 Å². The highest BCUT2D eigenvalue weighted by Crippen LogP contribution is 2.40. The number of ether oxygens (including phenoxy) is 2. The number of phenols is 1. The molecule has 1 aromatic carbocycles. The molecule has 1 aliphatic rings. The van der Waals surface area contributed by atoms with Crippen LogP contribution in [-0.4, -0.2) is 24.4 Å². The van der Waals surface area contributed by atoms with Crippen LogP contribution in [0.3, 0.4) is 0 Å². The van der Waals surface area contributed by atoms with Gasteiger partial charge in [0.25, 0.3) is 0 Å². The summed E-state index contributed by atoms with van der Waals surface area (Å²) in [6.07, 6.45) is 0.298. The third-order valence-corrected chi connectivity index (χ3v) is 2.37. The van der Waals surface area contributed by atoms with Crippen LogP contribution < -0.4 is 15.2 Å². The maximum atomic E-state index is 13.7. The zero-order valence-corrected chi connectivity index (χ0v) is 9.00. The Bertz CT molecular complexity index is 407. The van der Waals surface area contributed by atoms with Crippen molar-refractivity contribution in [2.45, 2.75) is 19.4 Å². The van der Waals surface area contributed by atoms with Crippen molar-refractivity contribution in [1.29, 1.82) is 0 Å². The first-order valence-corrected chi connectivity index (χ1v) is 5.15. The molecule has 0 saturated carbocycles. The molecule has 1 unspecified atom stereocenters. The van der Waals surface area contributed by atoms with E-state index >= 15 is 0 Å². The molecule has 16 heavy (non-hydrogen) atoms. The molecule has 0 bridgehead atoms. The maximum Gasteiger partial charge on any atom is 0.172 e. The van der Waals surface area contributed by atoms with Gasteiger partial charge >= 0.3 is 0 Å². The van der Waals surface area contributed by atoms with Gasteiger partial charge in [-0.2, -0.15) is 0 Å². The SMILES string of the molecule is CC(N)Cc1c(F)c(O)cc2c1OCCO2. The Hall–Kier alpha value is -1.49. The molecule has 1 aliphatic heterocycles. The van der Waals surface area contributed by atoms with E-state index in [9.17, 15) is 9.50 Å². The molecule has 5 heteroatoms. The minimum atomic E-state index is -0.679. The number of phenolic OH excluding ortho intramolecular Hbond substituents is 1. The Morgan fingerprint density at radius 2 is 2.19 bits per heavy atom. The van der Waals surface area contributed by atoms with E-state index in [2.05, 4.69) is 0 Å². The van der Waals surface area contributed by atoms with Crippen molar-refractivity contribution < 1.29 is 19.0 Å². The monoisotopic (exact) mass is 227 g/mol. The Kier molecular flexibility index (Phi) is 2.87. The van der Waals surface area contributed by atoms with E-state index in [0.29, 0.717) is 31.1 Å². The fraction of sp³-hybridized carbons (Fsp3) is 0.455. The molecule has 1 atom stereocenters. The minimum absolute atomic E-state index is 0.217. The molecule has 0 fully saturated rings. The summed E-state index contributed by atoms with van der Waals surface area (Å²) >= 11 is 0. The first-order chi connectivity index (χ1) is 7.59. The molecule has 88 valence electrons. The van der Waals surface area contributed by atoms with E-state index in [-0.39, 0.29) is 11.6 Å². The Labute approximate surface area is 92.8 Å². The van der Waals surface area contributed by atoms with Crippen molar-refractivity contribution in [1.82, 2.24) is 0 Å². The normalized spacial score (nSPS) is 15.9. The first kappa shape index (κ1) is 11.0. The minimum Gasteiger partial charge on any atom is -0.505 e. The largest absolute Gasteiger partial charge is 0.505 e. The van der Waals surface area contributed by atoms with Crippen LogP contribution in [0.2, 0.25) is 0 Å². The standard InChI is InChI=1S/C11H14FNO3/c1-6(13)4-7-10(12)8(14)5-9-11(7)16-3-2-15-9/h5-6,14H,2-4,13H2,1H3. The summed E-state index contributed by atoms with van der Waals surface area (Å²) in [7, 11) is 0. The van der Waals surface area contributed by atoms with Crippen molar-refractivity contribution in [2.24, 2.45) is 5.73 Å². The van der Waals surface area contributed by atoms with Crippen molar-refractivity contribution in [3.8, 4) is 17.2 Å². The highest BCUT2D eigenvalue weighted by atomic mass is 19.1. The Morgan fingerprint density at radius 1 is 1.50 bits per heavy atom. The zero-order valence-electron chi connectivity index (χ0n) is 9.00. The quantitative estimate of drug-likeness (QED) is 0.796. The van der Waals surface area contributed by atoms with Crippen LogP contribution in [0.15, 0.2) is 6.07 Å². The van der Waals surface area contributed by atoms with Crippen LogP contribution in [0.5, 0.6) is 17.2 Å². The van der Waals surface area contributed by atoms with E-state index in [4.69, 9.17) is 15.2 Å². The molecular formula is C11H14FNO3. The van der Waals surface area contributed by atoms with Gasteiger partial charge in [0, 0.05) is 17.7 Å². The number of hydrogen-bond donors (Lipinski definition) is 2. The number of hydrogen-bond acceptors (Lipinski definition) is 4. The van der Waals surface area contributed by atoms with Crippen LogP contribution in [0, 0.1) is 5.82 Å². The Morgan fingerprint density at radius 3 is 2.88 bits per heavy atom. The van der Waals surface area contributed by atoms with Gasteiger partial charge in [0.1, 0.15) is 13.2 Å². The van der Waals surface area contributed by atoms with Gasteiger partial charge in [-0.15, -0.1) is 0 Å². The van der Waals surface area contributed by atoms with Crippen molar-refractivity contribution in [2.75, 3.05) is 13.2 Å². The molecule has 4 nitrogen and oxygen atoms in total. The maximum absolute atomic E-state index is 13.7. The lowest BCUT2D eigenvalue weighted by molar-refractivity contribution is 0.167. The second-order valence-corrected chi connectivity index (χ2v) is 3.89. The second-order valence-electron chi connectivity index (χ2n) is 3.89. The number of nitrogens with two attached hydrogens (primary N) is 1. The van der Waals surface area contributed by atoms with Crippen LogP contribution in [-0.2, 0) is 6.42 Å². The molecule has 0 aromatic heterocycles. The van der Waals surface area contributed by atoms with Gasteiger partial charge in [0.05, 0.1) is 0 Å². The fourth-order valence-electron chi connectivity index (χ4n) is 1.72. The summed E-state index contributed by atoms with van der Waals surface area (Å²) in [6, 6.07) is 1.01. The van der Waals surface area contributed by atoms with Crippen molar-refractivity contribution in [3.63, 3.8) is 0 Å². The van der Waals surface area contributed by atoms with E-state index < -0.39 is 11.6 Å². The molecule has 2 rings (SSSR count). The number of rotatable bonds is 2. The number of benzene rings is 1. The van der Waals surface area contributed by atoms with E-state index in [1.165, 1.54) is 6.07 Å². The summed E-state index contributed by atoms with van der Waals surface area (Å²) in [5, 5.41) is 9.42. The number of halogens is 1. The molecule has 0 spiro atoms. The average molecular weight is 227 g/mol. The molecular weight excluding hydrogens is 213 g/mol. The zero-order chi connectivity index (χ0) is 11.7. The molecule has 0 radical (unpaired) electrons. The topological polar surface area (TPSA) is 64.7 Å². The predicted molar refractivity (Wildman–Crippen MR) is 56.4 cm³/mol. The number of aromatic hydroxyl groups is 1. The molecule has 3 N–H and O–H groups in total. The highest BCUT2D eigenvalue weighted by molar-refractivity contribution is 5.53. The molecule has 0 amide bonds. The lowest BCUT2D eigenvalue weighted by atomic mass is 10.0. The molecule has 1 heterocycles. The van der Waals surface area contributed by atoms with Crippen LogP contribution in [0.25, 0.3) is 0 Å². The van der Waals surface area contributed by atoms with Gasteiger partial charge in [0.15, 0.2) is 23.1 Å². The smallest absolute Gasteiger partial charge is 0.172 e. The van der Waals surface area contributed by atoms with Crippen LogP contribution in [0.1, 0.15) is 12.5 Å². The van der Waals surface area contributed by atoms with Gasteiger partial charge in [0.2, 0.25) is 0 Å². The molecule has 0 aliphatic carbocycles. The number of fused-ring (bicyclic) bond motifs is 1. The van der Waals surface area contributed by atoms with Gasteiger partial charge in [-0.05, 0) is 13.3 Å². The third-order valence-electron chi connectivity index (χ3n) is 2.37. The second kappa shape index (κ2) is 4.17. The average Bonchev–Trinajstić information content (AvgIpc) is 2.24. The van der Waals surface area contributed by atoms with E-state index in [1.807, 2.05) is 0 Å². The molecule has 0 saturated heterocycles. The fourth-order valence-corrected chi connectivity index (χ4v) is 1.72. The summed E-state index contributed by atoms with van der Waals surface area (Å²) in [4.78, 5) is 0. The Balaban J connectivity index is 2.50. The lowest BCUT2D eigenvalue weighted by Crippen LogP contribution is -2.22. The predicted octanol–water partition coefficient (Wildman–Crippen LogP) is 1.19. The molecule has 1 aromatic rings. The van der Waals surface area contributed by atoms with Gasteiger partial charge in [-0.3, -0.25) is 0 Å². The van der Waals surface area contributed by atoms with Crippen molar-refractivity contribution >= 4 is 0 Å². The highest BCUT2D eigenvalue weighted by Gasteiger charge is 2.23. The summed E-state index contributed by atoms with van der Waals surface area (Å²) in [5.74, 6) is -0.374. The van der Waals surface area contributed by atoms with Crippen molar-refractivity contribution in [3.05, 3.63) is 17.4 Å². The van der Waals surface area contributed by atoms with Gasteiger partial charge < -0.3 is 20.3 Å². The summed E-state index contributed by atoms with van der Waals surface area (Å²) < 4.78 is 24.4. The van der Waals surface area contributed by atoms with Gasteiger partial charge in [-0.25, -0.2) is 4.39 Å². The first-order valence-electron chi connectivity index (χ1n) is 5.15.